The van der Waals surface area contributed by atoms with Crippen molar-refractivity contribution in [3.8, 4) is 0 Å². The second kappa shape index (κ2) is 7.47. The van der Waals surface area contributed by atoms with E-state index in [9.17, 15) is 14.4 Å². The lowest BCUT2D eigenvalue weighted by Gasteiger charge is -2.20. The van der Waals surface area contributed by atoms with Crippen molar-refractivity contribution in [2.24, 2.45) is 0 Å². The van der Waals surface area contributed by atoms with Crippen LogP contribution in [0, 0.1) is 0 Å². The van der Waals surface area contributed by atoms with Crippen LogP contribution in [0.3, 0.4) is 0 Å². The molecule has 0 N–H and O–H groups in total. The Balaban J connectivity index is 1.55. The molecule has 1 aliphatic heterocycles. The Labute approximate surface area is 147 Å². The number of imide groups is 1. The van der Waals surface area contributed by atoms with E-state index in [2.05, 4.69) is 24.3 Å². The first-order valence-electron chi connectivity index (χ1n) is 8.60. The monoisotopic (exact) mass is 338 g/mol. The normalized spacial score (nSPS) is 14.4. The first kappa shape index (κ1) is 17.1. The van der Waals surface area contributed by atoms with Gasteiger partial charge in [-0.2, -0.15) is 0 Å². The molecule has 5 nitrogen and oxygen atoms in total. The molecule has 0 bridgehead atoms. The molecule has 0 unspecified atom stereocenters. The van der Waals surface area contributed by atoms with Crippen molar-refractivity contribution in [1.29, 1.82) is 0 Å². The maximum atomic E-state index is 12.3. The molecule has 2 aromatic rings. The minimum Gasteiger partial charge on any atom is -0.345 e. The Morgan fingerprint density at radius 3 is 2.48 bits per heavy atom. The quantitative estimate of drug-likeness (QED) is 0.760. The van der Waals surface area contributed by atoms with Crippen LogP contribution in [0.2, 0.25) is 0 Å². The van der Waals surface area contributed by atoms with Crippen LogP contribution in [-0.2, 0) is 20.8 Å². The van der Waals surface area contributed by atoms with E-state index in [0.29, 0.717) is 6.54 Å². The van der Waals surface area contributed by atoms with Gasteiger partial charge in [0.25, 0.3) is 0 Å². The van der Waals surface area contributed by atoms with E-state index in [1.54, 1.807) is 11.9 Å². The van der Waals surface area contributed by atoms with Gasteiger partial charge in [-0.05, 0) is 22.8 Å². The number of nitrogens with zero attached hydrogens (tertiary/aromatic N) is 2. The molecule has 0 aliphatic carbocycles. The largest absolute Gasteiger partial charge is 0.345 e. The lowest BCUT2D eigenvalue weighted by Crippen LogP contribution is -2.35. The van der Waals surface area contributed by atoms with Gasteiger partial charge in [0.2, 0.25) is 17.7 Å². The molecule has 0 aromatic heterocycles. The number of likely N-dealkylation sites (tertiary alicyclic amines) is 1. The molecule has 130 valence electrons. The van der Waals surface area contributed by atoms with E-state index in [1.807, 2.05) is 18.2 Å². The zero-order chi connectivity index (χ0) is 17.8. The van der Waals surface area contributed by atoms with Gasteiger partial charge < -0.3 is 4.90 Å². The van der Waals surface area contributed by atoms with Crippen LogP contribution < -0.4 is 0 Å². The number of rotatable bonds is 6. The fourth-order valence-corrected chi connectivity index (χ4v) is 3.19. The van der Waals surface area contributed by atoms with Crippen molar-refractivity contribution in [2.45, 2.75) is 25.7 Å². The predicted molar refractivity (Wildman–Crippen MR) is 95.9 cm³/mol. The second-order valence-electron chi connectivity index (χ2n) is 6.39. The molecule has 0 saturated carbocycles. The summed E-state index contributed by atoms with van der Waals surface area (Å²) in [7, 11) is 1.76. The Morgan fingerprint density at radius 2 is 1.72 bits per heavy atom. The van der Waals surface area contributed by atoms with Gasteiger partial charge in [-0.25, -0.2) is 0 Å². The van der Waals surface area contributed by atoms with Gasteiger partial charge in [-0.3, -0.25) is 19.3 Å². The predicted octanol–water partition coefficient (Wildman–Crippen LogP) is 2.38. The fraction of sp³-hybridized carbons (Fsp3) is 0.350. The summed E-state index contributed by atoms with van der Waals surface area (Å²) in [5.41, 5.74) is 1.21. The first-order chi connectivity index (χ1) is 12.1. The van der Waals surface area contributed by atoms with E-state index in [-0.39, 0.29) is 43.5 Å². The molecule has 3 amide bonds. The lowest BCUT2D eigenvalue weighted by molar-refractivity contribution is -0.139. The molecule has 1 heterocycles. The average Bonchev–Trinajstić information content (AvgIpc) is 2.95. The van der Waals surface area contributed by atoms with Gasteiger partial charge in [0.15, 0.2) is 0 Å². The summed E-state index contributed by atoms with van der Waals surface area (Å²) < 4.78 is 0. The Morgan fingerprint density at radius 1 is 1.04 bits per heavy atom. The van der Waals surface area contributed by atoms with Crippen molar-refractivity contribution in [3.63, 3.8) is 0 Å². The SMILES string of the molecule is CN(CCc1cccc2ccccc12)C(=O)CCN1C(=O)CCC1=O. The number of fused-ring (bicyclic) bond motifs is 1. The highest BCUT2D eigenvalue weighted by atomic mass is 16.2. The summed E-state index contributed by atoms with van der Waals surface area (Å²) in [5.74, 6) is -0.389. The van der Waals surface area contributed by atoms with E-state index in [1.165, 1.54) is 21.2 Å². The van der Waals surface area contributed by atoms with Gasteiger partial charge in [0.1, 0.15) is 0 Å². The average molecular weight is 338 g/mol. The van der Waals surface area contributed by atoms with Gasteiger partial charge in [-0.15, -0.1) is 0 Å². The topological polar surface area (TPSA) is 57.7 Å². The minimum absolute atomic E-state index is 0.0484. The van der Waals surface area contributed by atoms with Crippen LogP contribution in [0.15, 0.2) is 42.5 Å². The highest BCUT2D eigenvalue weighted by molar-refractivity contribution is 6.02. The molecule has 2 aromatic carbocycles. The summed E-state index contributed by atoms with van der Waals surface area (Å²) in [5, 5.41) is 2.40. The molecule has 0 radical (unpaired) electrons. The molecule has 3 rings (SSSR count). The summed E-state index contributed by atoms with van der Waals surface area (Å²) >= 11 is 0. The van der Waals surface area contributed by atoms with E-state index in [0.717, 1.165) is 6.42 Å². The highest BCUT2D eigenvalue weighted by Gasteiger charge is 2.29. The molecule has 0 atom stereocenters. The van der Waals surface area contributed by atoms with Crippen LogP contribution >= 0.6 is 0 Å². The number of carbonyl (C=O) groups excluding carboxylic acids is 3. The van der Waals surface area contributed by atoms with E-state index < -0.39 is 0 Å². The van der Waals surface area contributed by atoms with Crippen LogP contribution in [0.4, 0.5) is 0 Å². The van der Waals surface area contributed by atoms with Crippen molar-refractivity contribution in [1.82, 2.24) is 9.80 Å². The number of hydrogen-bond acceptors (Lipinski definition) is 3. The molecule has 1 saturated heterocycles. The number of carbonyl (C=O) groups is 3. The minimum atomic E-state index is -0.170. The number of amides is 3. The molecule has 1 aliphatic rings. The van der Waals surface area contributed by atoms with Gasteiger partial charge in [-0.1, -0.05) is 42.5 Å². The Kier molecular flexibility index (Phi) is 5.12. The lowest BCUT2D eigenvalue weighted by atomic mass is 10.0. The highest BCUT2D eigenvalue weighted by Crippen LogP contribution is 2.19. The first-order valence-corrected chi connectivity index (χ1v) is 8.60. The number of benzene rings is 2. The van der Waals surface area contributed by atoms with Crippen molar-refractivity contribution in [3.05, 3.63) is 48.0 Å². The zero-order valence-corrected chi connectivity index (χ0v) is 14.4. The van der Waals surface area contributed by atoms with Crippen LogP contribution in [0.1, 0.15) is 24.8 Å². The van der Waals surface area contributed by atoms with E-state index in [4.69, 9.17) is 0 Å². The third kappa shape index (κ3) is 3.87. The summed E-state index contributed by atoms with van der Waals surface area (Å²) in [6.45, 7) is 0.795. The second-order valence-corrected chi connectivity index (χ2v) is 6.39. The molecular weight excluding hydrogens is 316 g/mol. The number of hydrogen-bond donors (Lipinski definition) is 0. The van der Waals surface area contributed by atoms with Crippen molar-refractivity contribution < 1.29 is 14.4 Å². The van der Waals surface area contributed by atoms with E-state index >= 15 is 0 Å². The zero-order valence-electron chi connectivity index (χ0n) is 14.4. The molecule has 5 heteroatoms. The molecule has 1 fully saturated rings. The number of likely N-dealkylation sites (N-methyl/N-ethyl adjacent to an activating group) is 1. The van der Waals surface area contributed by atoms with Gasteiger partial charge in [0.05, 0.1) is 0 Å². The maximum absolute atomic E-state index is 12.3. The van der Waals surface area contributed by atoms with Crippen LogP contribution in [0.5, 0.6) is 0 Å². The van der Waals surface area contributed by atoms with Crippen molar-refractivity contribution >= 4 is 28.5 Å². The third-order valence-corrected chi connectivity index (χ3v) is 4.73. The Bertz CT molecular complexity index is 794. The van der Waals surface area contributed by atoms with Crippen molar-refractivity contribution in [2.75, 3.05) is 20.1 Å². The third-order valence-electron chi connectivity index (χ3n) is 4.73. The maximum Gasteiger partial charge on any atom is 0.229 e. The van der Waals surface area contributed by atoms with Crippen LogP contribution in [0.25, 0.3) is 10.8 Å². The molecule has 25 heavy (non-hydrogen) atoms. The standard InChI is InChI=1S/C20H22N2O3/c1-21(18(23)12-14-22-19(24)9-10-20(22)25)13-11-16-7-4-6-15-5-2-3-8-17(15)16/h2-8H,9-14H2,1H3. The fourth-order valence-electron chi connectivity index (χ4n) is 3.19. The molecule has 0 spiro atoms. The Hall–Kier alpha value is -2.69. The summed E-state index contributed by atoms with van der Waals surface area (Å²) in [6.07, 6.45) is 1.49. The van der Waals surface area contributed by atoms with Gasteiger partial charge >= 0.3 is 0 Å². The van der Waals surface area contributed by atoms with Crippen LogP contribution in [-0.4, -0.2) is 47.7 Å². The smallest absolute Gasteiger partial charge is 0.229 e. The summed E-state index contributed by atoms with van der Waals surface area (Å²) in [4.78, 5) is 38.3. The van der Waals surface area contributed by atoms with Gasteiger partial charge in [0, 0.05) is 39.4 Å². The molecular formula is C20H22N2O3. The summed E-state index contributed by atoms with van der Waals surface area (Å²) in [6, 6.07) is 14.4.